The minimum Gasteiger partial charge on any atom is -0.309 e. The van der Waals surface area contributed by atoms with Gasteiger partial charge < -0.3 is 10.2 Å². The van der Waals surface area contributed by atoms with Crippen molar-refractivity contribution in [1.82, 2.24) is 10.2 Å². The Kier molecular flexibility index (Phi) is 6.25. The summed E-state index contributed by atoms with van der Waals surface area (Å²) in [6, 6.07) is 9.45. The lowest BCUT2D eigenvalue weighted by Gasteiger charge is -2.37. The number of nitrogens with zero attached hydrogens (tertiary/aromatic N) is 1. The number of hydrogen-bond donors (Lipinski definition) is 1. The van der Waals surface area contributed by atoms with Crippen LogP contribution in [-0.4, -0.2) is 31.1 Å². The van der Waals surface area contributed by atoms with Gasteiger partial charge in [-0.2, -0.15) is 0 Å². The van der Waals surface area contributed by atoms with E-state index in [-0.39, 0.29) is 0 Å². The summed E-state index contributed by atoms with van der Waals surface area (Å²) in [6.07, 6.45) is 2.53. The number of benzene rings is 1. The Morgan fingerprint density at radius 2 is 2.10 bits per heavy atom. The van der Waals surface area contributed by atoms with Crippen LogP contribution in [0.25, 0.3) is 0 Å². The molecule has 0 radical (unpaired) electrons. The Labute approximate surface area is 130 Å². The van der Waals surface area contributed by atoms with E-state index in [2.05, 4.69) is 62.2 Å². The zero-order chi connectivity index (χ0) is 15.2. The van der Waals surface area contributed by atoms with Crippen molar-refractivity contribution in [1.29, 1.82) is 0 Å². The van der Waals surface area contributed by atoms with Gasteiger partial charge in [-0.3, -0.25) is 0 Å². The fourth-order valence-corrected chi connectivity index (χ4v) is 3.27. The average molecular weight is 288 g/mol. The van der Waals surface area contributed by atoms with Crippen molar-refractivity contribution >= 4 is 0 Å². The molecule has 1 aliphatic rings. The molecule has 3 unspecified atom stereocenters. The number of likely N-dealkylation sites (tertiary alicyclic amines) is 1. The van der Waals surface area contributed by atoms with Crippen LogP contribution in [-0.2, 0) is 0 Å². The molecule has 2 heteroatoms. The van der Waals surface area contributed by atoms with Crippen LogP contribution in [0.1, 0.15) is 50.8 Å². The Morgan fingerprint density at radius 1 is 1.29 bits per heavy atom. The monoisotopic (exact) mass is 288 g/mol. The summed E-state index contributed by atoms with van der Waals surface area (Å²) < 4.78 is 0. The molecule has 0 bridgehead atoms. The molecular weight excluding hydrogens is 256 g/mol. The van der Waals surface area contributed by atoms with Gasteiger partial charge in [-0.1, -0.05) is 50.6 Å². The second-order valence-corrected chi connectivity index (χ2v) is 6.92. The van der Waals surface area contributed by atoms with Crippen LogP contribution < -0.4 is 5.32 Å². The molecule has 1 fully saturated rings. The molecule has 1 aromatic carbocycles. The van der Waals surface area contributed by atoms with Gasteiger partial charge in [0, 0.05) is 19.1 Å². The van der Waals surface area contributed by atoms with Crippen molar-refractivity contribution in [3.05, 3.63) is 35.4 Å². The summed E-state index contributed by atoms with van der Waals surface area (Å²) >= 11 is 0. The van der Waals surface area contributed by atoms with E-state index in [1.165, 1.54) is 37.1 Å². The Morgan fingerprint density at radius 3 is 2.76 bits per heavy atom. The predicted molar refractivity (Wildman–Crippen MR) is 91.6 cm³/mol. The molecule has 1 saturated heterocycles. The van der Waals surface area contributed by atoms with Crippen molar-refractivity contribution in [3.8, 4) is 0 Å². The van der Waals surface area contributed by atoms with Crippen LogP contribution in [0, 0.1) is 18.8 Å². The first-order valence-corrected chi connectivity index (χ1v) is 8.62. The minimum absolute atomic E-state index is 0.463. The van der Waals surface area contributed by atoms with Gasteiger partial charge >= 0.3 is 0 Å². The van der Waals surface area contributed by atoms with Gasteiger partial charge in [0.25, 0.3) is 0 Å². The van der Waals surface area contributed by atoms with E-state index in [4.69, 9.17) is 0 Å². The molecule has 118 valence electrons. The minimum atomic E-state index is 0.463. The third kappa shape index (κ3) is 4.82. The molecule has 0 aromatic heterocycles. The maximum atomic E-state index is 3.74. The number of rotatable bonds is 6. The van der Waals surface area contributed by atoms with E-state index in [0.717, 1.165) is 24.9 Å². The highest BCUT2D eigenvalue weighted by Crippen LogP contribution is 2.24. The van der Waals surface area contributed by atoms with Gasteiger partial charge in [0.1, 0.15) is 0 Å². The molecule has 2 rings (SSSR count). The lowest BCUT2D eigenvalue weighted by atomic mass is 9.88. The van der Waals surface area contributed by atoms with Crippen LogP contribution in [0.2, 0.25) is 0 Å². The van der Waals surface area contributed by atoms with Gasteiger partial charge in [0.05, 0.1) is 0 Å². The number of piperidine rings is 1. The van der Waals surface area contributed by atoms with E-state index in [1.54, 1.807) is 0 Å². The summed E-state index contributed by atoms with van der Waals surface area (Å²) in [5, 5.41) is 3.74. The predicted octanol–water partition coefficient (Wildman–Crippen LogP) is 4.01. The van der Waals surface area contributed by atoms with Gasteiger partial charge in [-0.25, -0.2) is 0 Å². The van der Waals surface area contributed by atoms with E-state index in [9.17, 15) is 0 Å². The largest absolute Gasteiger partial charge is 0.309 e. The number of hydrogen-bond acceptors (Lipinski definition) is 2. The molecule has 0 spiro atoms. The third-order valence-electron chi connectivity index (χ3n) is 4.94. The van der Waals surface area contributed by atoms with Crippen molar-refractivity contribution in [2.75, 3.05) is 26.2 Å². The molecule has 1 aliphatic heterocycles. The van der Waals surface area contributed by atoms with Gasteiger partial charge in [-0.05, 0) is 50.3 Å². The van der Waals surface area contributed by atoms with Crippen molar-refractivity contribution in [2.24, 2.45) is 11.8 Å². The van der Waals surface area contributed by atoms with Crippen LogP contribution in [0.4, 0.5) is 0 Å². The lowest BCUT2D eigenvalue weighted by Crippen LogP contribution is -2.43. The van der Waals surface area contributed by atoms with Gasteiger partial charge in [0.2, 0.25) is 0 Å². The summed E-state index contributed by atoms with van der Waals surface area (Å²) in [4.78, 5) is 2.65. The molecule has 1 heterocycles. The van der Waals surface area contributed by atoms with Crippen LogP contribution >= 0.6 is 0 Å². The quantitative estimate of drug-likeness (QED) is 0.850. The van der Waals surface area contributed by atoms with Gasteiger partial charge in [-0.15, -0.1) is 0 Å². The smallest absolute Gasteiger partial charge is 0.0449 e. The molecule has 0 amide bonds. The van der Waals surface area contributed by atoms with Crippen molar-refractivity contribution in [3.63, 3.8) is 0 Å². The average Bonchev–Trinajstić information content (AvgIpc) is 2.47. The highest BCUT2D eigenvalue weighted by molar-refractivity contribution is 5.25. The first-order chi connectivity index (χ1) is 10.1. The van der Waals surface area contributed by atoms with Gasteiger partial charge in [0.15, 0.2) is 0 Å². The first-order valence-electron chi connectivity index (χ1n) is 8.62. The zero-order valence-electron chi connectivity index (χ0n) is 14.2. The highest BCUT2D eigenvalue weighted by Gasteiger charge is 2.24. The van der Waals surface area contributed by atoms with Crippen molar-refractivity contribution < 1.29 is 0 Å². The van der Waals surface area contributed by atoms with E-state index >= 15 is 0 Å². The molecule has 1 aromatic rings. The van der Waals surface area contributed by atoms with E-state index in [0.29, 0.717) is 6.04 Å². The van der Waals surface area contributed by atoms with Crippen LogP contribution in [0.5, 0.6) is 0 Å². The Bertz CT molecular complexity index is 429. The molecule has 3 atom stereocenters. The number of aryl methyl sites for hydroxylation is 1. The number of nitrogens with one attached hydrogen (secondary N) is 1. The van der Waals surface area contributed by atoms with E-state index < -0.39 is 0 Å². The third-order valence-corrected chi connectivity index (χ3v) is 4.94. The molecule has 21 heavy (non-hydrogen) atoms. The normalized spacial score (nSPS) is 25.0. The second kappa shape index (κ2) is 7.95. The van der Waals surface area contributed by atoms with Crippen LogP contribution in [0.15, 0.2) is 24.3 Å². The van der Waals surface area contributed by atoms with E-state index in [1.807, 2.05) is 0 Å². The highest BCUT2D eigenvalue weighted by atomic mass is 15.2. The summed E-state index contributed by atoms with van der Waals surface area (Å²) in [7, 11) is 0. The van der Waals surface area contributed by atoms with Crippen molar-refractivity contribution in [2.45, 2.75) is 46.6 Å². The maximum Gasteiger partial charge on any atom is 0.0449 e. The SMILES string of the molecule is CCCNC(CN1CCC(C)C(C)C1)c1cccc(C)c1. The maximum absolute atomic E-state index is 3.74. The second-order valence-electron chi connectivity index (χ2n) is 6.92. The summed E-state index contributed by atoms with van der Waals surface area (Å²) in [6.45, 7) is 14.0. The lowest BCUT2D eigenvalue weighted by molar-refractivity contribution is 0.127. The molecule has 1 N–H and O–H groups in total. The molecule has 0 aliphatic carbocycles. The standard InChI is InChI=1S/C19H32N2/c1-5-10-20-19(18-8-6-7-15(2)12-18)14-21-11-9-16(3)17(4)13-21/h6-8,12,16-17,19-20H,5,9-11,13-14H2,1-4H3. The first kappa shape index (κ1) is 16.5. The fraction of sp³-hybridized carbons (Fsp3) is 0.684. The Balaban J connectivity index is 2.02. The summed E-state index contributed by atoms with van der Waals surface area (Å²) in [5.41, 5.74) is 2.80. The molecular formula is C19H32N2. The molecule has 2 nitrogen and oxygen atoms in total. The summed E-state index contributed by atoms with van der Waals surface area (Å²) in [5.74, 6) is 1.70. The molecule has 0 saturated carbocycles. The zero-order valence-corrected chi connectivity index (χ0v) is 14.2. The Hall–Kier alpha value is -0.860. The topological polar surface area (TPSA) is 15.3 Å². The van der Waals surface area contributed by atoms with Crippen LogP contribution in [0.3, 0.4) is 0 Å². The fourth-order valence-electron chi connectivity index (χ4n) is 3.27.